The van der Waals surface area contributed by atoms with Crippen molar-refractivity contribution in [3.05, 3.63) is 61.7 Å². The lowest BCUT2D eigenvalue weighted by Gasteiger charge is -2.26. The summed E-state index contributed by atoms with van der Waals surface area (Å²) in [5.41, 5.74) is 1.50. The first kappa shape index (κ1) is 16.0. The number of H-pyrrole nitrogens is 2. The van der Waals surface area contributed by atoms with E-state index in [2.05, 4.69) is 15.5 Å². The SMILES string of the molecule is COc1ccc2c(c1)CCC[C@@H]2NC(=O)Cc1cc(=O)[nH][nH]c1=O. The molecule has 1 amide bonds. The third kappa shape index (κ3) is 3.40. The van der Waals surface area contributed by atoms with Crippen molar-refractivity contribution in [3.8, 4) is 5.75 Å². The zero-order valence-electron chi connectivity index (χ0n) is 13.3. The minimum Gasteiger partial charge on any atom is -0.497 e. The van der Waals surface area contributed by atoms with Crippen molar-refractivity contribution in [2.24, 2.45) is 0 Å². The molecule has 0 fully saturated rings. The molecule has 0 radical (unpaired) electrons. The van der Waals surface area contributed by atoms with Crippen LogP contribution >= 0.6 is 0 Å². The molecule has 1 aliphatic carbocycles. The molecule has 24 heavy (non-hydrogen) atoms. The molecular weight excluding hydrogens is 310 g/mol. The number of amides is 1. The second-order valence-corrected chi connectivity index (χ2v) is 5.87. The van der Waals surface area contributed by atoms with Gasteiger partial charge in [-0.15, -0.1) is 0 Å². The number of aromatic nitrogens is 2. The van der Waals surface area contributed by atoms with Gasteiger partial charge < -0.3 is 10.1 Å². The van der Waals surface area contributed by atoms with E-state index >= 15 is 0 Å². The van der Waals surface area contributed by atoms with Crippen molar-refractivity contribution < 1.29 is 9.53 Å². The van der Waals surface area contributed by atoms with Crippen LogP contribution in [0.2, 0.25) is 0 Å². The van der Waals surface area contributed by atoms with Gasteiger partial charge in [0.2, 0.25) is 5.91 Å². The Hall–Kier alpha value is -2.83. The van der Waals surface area contributed by atoms with Crippen molar-refractivity contribution in [3.63, 3.8) is 0 Å². The van der Waals surface area contributed by atoms with Gasteiger partial charge in [0.1, 0.15) is 5.75 Å². The van der Waals surface area contributed by atoms with Gasteiger partial charge in [-0.25, -0.2) is 0 Å². The maximum Gasteiger partial charge on any atom is 0.266 e. The Balaban J connectivity index is 1.75. The first-order valence-corrected chi connectivity index (χ1v) is 7.84. The summed E-state index contributed by atoms with van der Waals surface area (Å²) in [7, 11) is 1.63. The highest BCUT2D eigenvalue weighted by Crippen LogP contribution is 2.32. The Labute approximate surface area is 138 Å². The summed E-state index contributed by atoms with van der Waals surface area (Å²) in [6, 6.07) is 6.91. The van der Waals surface area contributed by atoms with Crippen LogP contribution in [0.15, 0.2) is 33.9 Å². The second-order valence-electron chi connectivity index (χ2n) is 5.87. The second kappa shape index (κ2) is 6.74. The van der Waals surface area contributed by atoms with Crippen LogP contribution in [0.5, 0.6) is 5.75 Å². The van der Waals surface area contributed by atoms with Crippen molar-refractivity contribution in [1.82, 2.24) is 15.5 Å². The molecule has 1 heterocycles. The maximum atomic E-state index is 12.3. The van der Waals surface area contributed by atoms with E-state index in [9.17, 15) is 14.4 Å². The molecule has 3 rings (SSSR count). The molecule has 1 aliphatic rings. The van der Waals surface area contributed by atoms with Crippen molar-refractivity contribution in [2.45, 2.75) is 31.7 Å². The molecule has 0 unspecified atom stereocenters. The van der Waals surface area contributed by atoms with Crippen LogP contribution in [0.4, 0.5) is 0 Å². The van der Waals surface area contributed by atoms with E-state index in [1.165, 1.54) is 5.56 Å². The van der Waals surface area contributed by atoms with E-state index in [1.54, 1.807) is 7.11 Å². The number of hydrogen-bond donors (Lipinski definition) is 3. The highest BCUT2D eigenvalue weighted by molar-refractivity contribution is 5.79. The lowest BCUT2D eigenvalue weighted by atomic mass is 9.87. The third-order valence-corrected chi connectivity index (χ3v) is 4.25. The van der Waals surface area contributed by atoms with Gasteiger partial charge in [-0.05, 0) is 42.5 Å². The zero-order chi connectivity index (χ0) is 17.1. The summed E-state index contributed by atoms with van der Waals surface area (Å²) >= 11 is 0. The largest absolute Gasteiger partial charge is 0.497 e. The minimum atomic E-state index is -0.460. The van der Waals surface area contributed by atoms with Gasteiger partial charge in [0.05, 0.1) is 19.6 Å². The van der Waals surface area contributed by atoms with Gasteiger partial charge in [-0.1, -0.05) is 6.07 Å². The summed E-state index contributed by atoms with van der Waals surface area (Å²) in [6.07, 6.45) is 2.64. The molecule has 7 heteroatoms. The highest BCUT2D eigenvalue weighted by atomic mass is 16.5. The van der Waals surface area contributed by atoms with Gasteiger partial charge in [-0.3, -0.25) is 24.6 Å². The van der Waals surface area contributed by atoms with E-state index in [0.29, 0.717) is 0 Å². The van der Waals surface area contributed by atoms with Crippen molar-refractivity contribution >= 4 is 5.91 Å². The zero-order valence-corrected chi connectivity index (χ0v) is 13.3. The fourth-order valence-electron chi connectivity index (χ4n) is 3.08. The third-order valence-electron chi connectivity index (χ3n) is 4.25. The Bertz CT molecular complexity index is 869. The molecule has 1 aromatic heterocycles. The molecule has 0 bridgehead atoms. The number of carbonyl (C=O) groups is 1. The molecule has 3 N–H and O–H groups in total. The molecular formula is C17H19N3O4. The van der Waals surface area contributed by atoms with Gasteiger partial charge in [0.25, 0.3) is 11.1 Å². The van der Waals surface area contributed by atoms with Crippen molar-refractivity contribution in [1.29, 1.82) is 0 Å². The average molecular weight is 329 g/mol. The predicted octanol–water partition coefficient (Wildman–Crippen LogP) is 0.808. The molecule has 0 aliphatic heterocycles. The highest BCUT2D eigenvalue weighted by Gasteiger charge is 2.22. The fraction of sp³-hybridized carbons (Fsp3) is 0.353. The molecule has 1 aromatic carbocycles. The summed E-state index contributed by atoms with van der Waals surface area (Å²) in [6.45, 7) is 0. The molecule has 7 nitrogen and oxygen atoms in total. The number of rotatable bonds is 4. The number of hydrogen-bond acceptors (Lipinski definition) is 4. The van der Waals surface area contributed by atoms with Crippen molar-refractivity contribution in [2.75, 3.05) is 7.11 Å². The molecule has 0 saturated carbocycles. The van der Waals surface area contributed by atoms with E-state index in [1.807, 2.05) is 18.2 Å². The lowest BCUT2D eigenvalue weighted by Crippen LogP contribution is -2.34. The van der Waals surface area contributed by atoms with E-state index in [0.717, 1.165) is 36.6 Å². The molecule has 2 aromatic rings. The van der Waals surface area contributed by atoms with Crippen LogP contribution in [0.1, 0.15) is 35.6 Å². The first-order chi connectivity index (χ1) is 11.6. The van der Waals surface area contributed by atoms with Gasteiger partial charge in [0, 0.05) is 11.6 Å². The number of benzene rings is 1. The quantitative estimate of drug-likeness (QED) is 0.772. The van der Waals surface area contributed by atoms with Gasteiger partial charge in [-0.2, -0.15) is 0 Å². The standard InChI is InChI=1S/C17H19N3O4/c1-24-12-5-6-13-10(7-12)3-2-4-14(13)18-15(21)8-11-9-16(22)19-20-17(11)23/h5-7,9,14H,2-4,8H2,1H3,(H,18,21)(H,19,22)(H,20,23)/t14-/m0/s1. The smallest absolute Gasteiger partial charge is 0.266 e. The minimum absolute atomic E-state index is 0.0896. The summed E-state index contributed by atoms with van der Waals surface area (Å²) in [4.78, 5) is 35.2. The van der Waals surface area contributed by atoms with E-state index in [-0.39, 0.29) is 23.9 Å². The number of methoxy groups -OCH3 is 1. The Morgan fingerprint density at radius 3 is 2.92 bits per heavy atom. The number of ether oxygens (including phenoxy) is 1. The van der Waals surface area contributed by atoms with Crippen LogP contribution in [0.3, 0.4) is 0 Å². The molecule has 1 atom stereocenters. The number of nitrogens with one attached hydrogen (secondary N) is 3. The normalized spacial score (nSPS) is 16.3. The number of carbonyl (C=O) groups excluding carboxylic acids is 1. The van der Waals surface area contributed by atoms with Crippen LogP contribution in [-0.2, 0) is 17.6 Å². The van der Waals surface area contributed by atoms with Crippen LogP contribution in [-0.4, -0.2) is 23.2 Å². The topological polar surface area (TPSA) is 104 Å². The monoisotopic (exact) mass is 329 g/mol. The summed E-state index contributed by atoms with van der Waals surface area (Å²) in [5.74, 6) is 0.524. The maximum absolute atomic E-state index is 12.3. The first-order valence-electron chi connectivity index (χ1n) is 7.84. The van der Waals surface area contributed by atoms with Gasteiger partial charge >= 0.3 is 0 Å². The van der Waals surface area contributed by atoms with Crippen LogP contribution < -0.4 is 21.2 Å². The lowest BCUT2D eigenvalue weighted by molar-refractivity contribution is -0.121. The average Bonchev–Trinajstić information content (AvgIpc) is 2.58. The number of aryl methyl sites for hydroxylation is 1. The van der Waals surface area contributed by atoms with E-state index < -0.39 is 11.1 Å². The molecule has 126 valence electrons. The van der Waals surface area contributed by atoms with E-state index in [4.69, 9.17) is 4.74 Å². The predicted molar refractivity (Wildman–Crippen MR) is 88.2 cm³/mol. The summed E-state index contributed by atoms with van der Waals surface area (Å²) < 4.78 is 5.24. The summed E-state index contributed by atoms with van der Waals surface area (Å²) in [5, 5.41) is 7.36. The number of aromatic amines is 2. The van der Waals surface area contributed by atoms with Gasteiger partial charge in [0.15, 0.2) is 0 Å². The molecule has 0 spiro atoms. The van der Waals surface area contributed by atoms with Crippen LogP contribution in [0.25, 0.3) is 0 Å². The Morgan fingerprint density at radius 1 is 1.29 bits per heavy atom. The number of fused-ring (bicyclic) bond motifs is 1. The Kier molecular flexibility index (Phi) is 4.50. The van der Waals surface area contributed by atoms with Crippen LogP contribution in [0, 0.1) is 0 Å². The molecule has 0 saturated heterocycles. The fourth-order valence-corrected chi connectivity index (χ4v) is 3.08. The Morgan fingerprint density at radius 2 is 2.12 bits per heavy atom.